The van der Waals surface area contributed by atoms with Crippen LogP contribution in [0.25, 0.3) is 0 Å². The van der Waals surface area contributed by atoms with E-state index in [9.17, 15) is 4.79 Å². The third kappa shape index (κ3) is 2.33. The van der Waals surface area contributed by atoms with Gasteiger partial charge in [-0.2, -0.15) is 0 Å². The molecule has 15 heavy (non-hydrogen) atoms. The summed E-state index contributed by atoms with van der Waals surface area (Å²) < 4.78 is 0. The van der Waals surface area contributed by atoms with Crippen molar-refractivity contribution < 1.29 is 9.90 Å². The Morgan fingerprint density at radius 2 is 2.13 bits per heavy atom. The lowest BCUT2D eigenvalue weighted by atomic mass is 10.1. The number of aliphatic hydroxyl groups is 1. The Morgan fingerprint density at radius 3 is 2.80 bits per heavy atom. The van der Waals surface area contributed by atoms with Crippen LogP contribution in [0.1, 0.15) is 18.5 Å². The number of carbonyl (C=O) groups excluding carboxylic acids is 1. The molecule has 1 aliphatic rings. The molecule has 1 aromatic rings. The van der Waals surface area contributed by atoms with E-state index in [0.717, 1.165) is 18.8 Å². The van der Waals surface area contributed by atoms with E-state index >= 15 is 0 Å². The number of anilines is 1. The van der Waals surface area contributed by atoms with E-state index in [-0.39, 0.29) is 6.61 Å². The minimum absolute atomic E-state index is 0.0411. The molecule has 1 fully saturated rings. The minimum atomic E-state index is -0.0411. The number of carbonyl (C=O) groups is 1. The first-order valence-corrected chi connectivity index (χ1v) is 5.12. The molecule has 2 rings (SSSR count). The highest BCUT2D eigenvalue weighted by atomic mass is 16.3. The summed E-state index contributed by atoms with van der Waals surface area (Å²) in [4.78, 5) is 17.3. The van der Waals surface area contributed by atoms with E-state index < -0.39 is 0 Å². The van der Waals surface area contributed by atoms with E-state index in [1.807, 2.05) is 12.1 Å². The Kier molecular flexibility index (Phi) is 2.97. The highest BCUT2D eigenvalue weighted by Gasteiger charge is 2.16. The maximum Gasteiger partial charge on any atom is 0.136 e. The number of nitrogens with zero attached hydrogens (tertiary/aromatic N) is 2. The van der Waals surface area contributed by atoms with Gasteiger partial charge in [-0.15, -0.1) is 0 Å². The predicted molar refractivity (Wildman–Crippen MR) is 56.6 cm³/mol. The van der Waals surface area contributed by atoms with Gasteiger partial charge in [-0.05, 0) is 12.1 Å². The summed E-state index contributed by atoms with van der Waals surface area (Å²) >= 11 is 0. The fourth-order valence-corrected chi connectivity index (χ4v) is 1.76. The summed E-state index contributed by atoms with van der Waals surface area (Å²) in [5, 5.41) is 8.97. The first-order valence-electron chi connectivity index (χ1n) is 5.12. The van der Waals surface area contributed by atoms with Crippen LogP contribution in [-0.4, -0.2) is 29.0 Å². The standard InChI is InChI=1S/C11H14N2O2/c14-8-9-7-10(1-4-12-9)13-5-2-11(15)3-6-13/h1,4,7,14H,2-3,5-6,8H2. The third-order valence-corrected chi connectivity index (χ3v) is 2.65. The van der Waals surface area contributed by atoms with Crippen LogP contribution in [0, 0.1) is 0 Å². The molecule has 0 spiro atoms. The third-order valence-electron chi connectivity index (χ3n) is 2.65. The lowest BCUT2D eigenvalue weighted by molar-refractivity contribution is -0.119. The van der Waals surface area contributed by atoms with Crippen molar-refractivity contribution in [3.05, 3.63) is 24.0 Å². The van der Waals surface area contributed by atoms with Crippen molar-refractivity contribution in [1.29, 1.82) is 0 Å². The zero-order valence-corrected chi connectivity index (χ0v) is 8.52. The lowest BCUT2D eigenvalue weighted by Gasteiger charge is -2.28. The smallest absolute Gasteiger partial charge is 0.136 e. The van der Waals surface area contributed by atoms with Crippen molar-refractivity contribution in [2.75, 3.05) is 18.0 Å². The Balaban J connectivity index is 2.11. The van der Waals surface area contributed by atoms with Crippen LogP contribution in [0.4, 0.5) is 5.69 Å². The predicted octanol–water partition coefficient (Wildman–Crippen LogP) is 0.743. The first kappa shape index (κ1) is 10.1. The highest BCUT2D eigenvalue weighted by molar-refractivity contribution is 5.81. The maximum absolute atomic E-state index is 11.1. The van der Waals surface area contributed by atoms with E-state index in [4.69, 9.17) is 5.11 Å². The average molecular weight is 206 g/mol. The van der Waals surface area contributed by atoms with Crippen LogP contribution in [-0.2, 0) is 11.4 Å². The van der Waals surface area contributed by atoms with Crippen molar-refractivity contribution in [3.8, 4) is 0 Å². The van der Waals surface area contributed by atoms with Crippen LogP contribution < -0.4 is 4.90 Å². The number of pyridine rings is 1. The molecular formula is C11H14N2O2. The molecule has 0 unspecified atom stereocenters. The second-order valence-corrected chi connectivity index (χ2v) is 3.69. The number of hydrogen-bond donors (Lipinski definition) is 1. The van der Waals surface area contributed by atoms with Gasteiger partial charge in [-0.1, -0.05) is 0 Å². The van der Waals surface area contributed by atoms with Gasteiger partial charge in [0, 0.05) is 37.8 Å². The van der Waals surface area contributed by atoms with E-state index in [2.05, 4.69) is 9.88 Å². The molecule has 0 atom stereocenters. The zero-order valence-electron chi connectivity index (χ0n) is 8.52. The summed E-state index contributed by atoms with van der Waals surface area (Å²) in [6, 6.07) is 3.78. The molecule has 0 amide bonds. The molecule has 4 nitrogen and oxygen atoms in total. The highest BCUT2D eigenvalue weighted by Crippen LogP contribution is 2.18. The SMILES string of the molecule is O=C1CCN(c2ccnc(CO)c2)CC1. The summed E-state index contributed by atoms with van der Waals surface area (Å²) in [6.07, 6.45) is 2.94. The summed E-state index contributed by atoms with van der Waals surface area (Å²) in [7, 11) is 0. The Hall–Kier alpha value is -1.42. The van der Waals surface area contributed by atoms with Crippen molar-refractivity contribution in [1.82, 2.24) is 4.98 Å². The zero-order chi connectivity index (χ0) is 10.7. The fraction of sp³-hybridized carbons (Fsp3) is 0.455. The van der Waals surface area contributed by atoms with E-state index in [0.29, 0.717) is 24.3 Å². The van der Waals surface area contributed by atoms with Gasteiger partial charge < -0.3 is 10.0 Å². The summed E-state index contributed by atoms with van der Waals surface area (Å²) in [5.74, 6) is 0.336. The maximum atomic E-state index is 11.1. The normalized spacial score (nSPS) is 16.9. The molecule has 0 saturated carbocycles. The summed E-state index contributed by atoms with van der Waals surface area (Å²) in [6.45, 7) is 1.50. The minimum Gasteiger partial charge on any atom is -0.390 e. The fourth-order valence-electron chi connectivity index (χ4n) is 1.76. The molecule has 0 aromatic carbocycles. The van der Waals surface area contributed by atoms with Crippen LogP contribution in [0.5, 0.6) is 0 Å². The van der Waals surface area contributed by atoms with Crippen LogP contribution >= 0.6 is 0 Å². The van der Waals surface area contributed by atoms with Crippen molar-refractivity contribution in [3.63, 3.8) is 0 Å². The number of ketones is 1. The van der Waals surface area contributed by atoms with Gasteiger partial charge in [0.1, 0.15) is 5.78 Å². The van der Waals surface area contributed by atoms with Gasteiger partial charge in [0.15, 0.2) is 0 Å². The quantitative estimate of drug-likeness (QED) is 0.775. The van der Waals surface area contributed by atoms with Gasteiger partial charge in [-0.25, -0.2) is 0 Å². The monoisotopic (exact) mass is 206 g/mol. The molecule has 1 saturated heterocycles. The van der Waals surface area contributed by atoms with E-state index in [1.54, 1.807) is 6.20 Å². The van der Waals surface area contributed by atoms with Gasteiger partial charge in [0.25, 0.3) is 0 Å². The topological polar surface area (TPSA) is 53.4 Å². The molecule has 80 valence electrons. The van der Waals surface area contributed by atoms with Crippen molar-refractivity contribution in [2.24, 2.45) is 0 Å². The molecule has 1 aromatic heterocycles. The number of aliphatic hydroxyl groups excluding tert-OH is 1. The molecule has 0 bridgehead atoms. The molecule has 1 N–H and O–H groups in total. The Labute approximate surface area is 88.6 Å². The average Bonchev–Trinajstić information content (AvgIpc) is 2.30. The van der Waals surface area contributed by atoms with Crippen LogP contribution in [0.2, 0.25) is 0 Å². The van der Waals surface area contributed by atoms with E-state index in [1.165, 1.54) is 0 Å². The summed E-state index contributed by atoms with van der Waals surface area (Å²) in [5.41, 5.74) is 1.71. The van der Waals surface area contributed by atoms with Crippen molar-refractivity contribution in [2.45, 2.75) is 19.4 Å². The van der Waals surface area contributed by atoms with Gasteiger partial charge in [0.2, 0.25) is 0 Å². The number of hydrogen-bond acceptors (Lipinski definition) is 4. The van der Waals surface area contributed by atoms with Crippen LogP contribution in [0.15, 0.2) is 18.3 Å². The number of piperidine rings is 1. The molecule has 4 heteroatoms. The molecule has 2 heterocycles. The molecule has 0 radical (unpaired) electrons. The lowest BCUT2D eigenvalue weighted by Crippen LogP contribution is -2.33. The Morgan fingerprint density at radius 1 is 1.40 bits per heavy atom. The van der Waals surface area contributed by atoms with Crippen molar-refractivity contribution >= 4 is 11.5 Å². The number of aromatic nitrogens is 1. The van der Waals surface area contributed by atoms with Gasteiger partial charge >= 0.3 is 0 Å². The molecule has 1 aliphatic heterocycles. The van der Waals surface area contributed by atoms with Gasteiger partial charge in [0.05, 0.1) is 12.3 Å². The van der Waals surface area contributed by atoms with Gasteiger partial charge in [-0.3, -0.25) is 9.78 Å². The first-order chi connectivity index (χ1) is 7.29. The van der Waals surface area contributed by atoms with Crippen LogP contribution in [0.3, 0.4) is 0 Å². The Bertz CT molecular complexity index is 355. The molecular weight excluding hydrogens is 192 g/mol. The number of rotatable bonds is 2. The number of Topliss-reactive ketones (excluding diaryl/α,β-unsaturated/α-hetero) is 1. The second kappa shape index (κ2) is 4.40. The molecule has 0 aliphatic carbocycles. The largest absolute Gasteiger partial charge is 0.390 e. The second-order valence-electron chi connectivity index (χ2n) is 3.69.